The van der Waals surface area contributed by atoms with E-state index in [0.717, 1.165) is 37.3 Å². The van der Waals surface area contributed by atoms with E-state index in [-0.39, 0.29) is 5.69 Å². The van der Waals surface area contributed by atoms with Crippen molar-refractivity contribution in [3.8, 4) is 0 Å². The molecule has 7 heteroatoms. The SMILES string of the molecule is CC1CCCN(c2ccnc(C(=O)Nc3ccc(C(F)(F)F)cc3)c2)C1. The number of carbonyl (C=O) groups is 1. The van der Waals surface area contributed by atoms with Crippen molar-refractivity contribution in [2.75, 3.05) is 23.3 Å². The van der Waals surface area contributed by atoms with Crippen LogP contribution in [0.2, 0.25) is 0 Å². The molecule has 3 rings (SSSR count). The highest BCUT2D eigenvalue weighted by molar-refractivity contribution is 6.03. The molecule has 0 saturated carbocycles. The fourth-order valence-electron chi connectivity index (χ4n) is 3.10. The number of hydrogen-bond donors (Lipinski definition) is 1. The lowest BCUT2D eigenvalue weighted by molar-refractivity contribution is -0.137. The summed E-state index contributed by atoms with van der Waals surface area (Å²) in [6, 6.07) is 7.93. The highest BCUT2D eigenvalue weighted by Gasteiger charge is 2.30. The molecule has 1 fully saturated rings. The topological polar surface area (TPSA) is 45.2 Å². The van der Waals surface area contributed by atoms with Crippen LogP contribution in [-0.2, 0) is 6.18 Å². The number of alkyl halides is 3. The molecular weight excluding hydrogens is 343 g/mol. The third-order valence-electron chi connectivity index (χ3n) is 4.47. The summed E-state index contributed by atoms with van der Waals surface area (Å²) in [5.41, 5.74) is 0.710. The van der Waals surface area contributed by atoms with Crippen molar-refractivity contribution < 1.29 is 18.0 Å². The Labute approximate surface area is 150 Å². The van der Waals surface area contributed by atoms with Gasteiger partial charge in [0.15, 0.2) is 0 Å². The maximum atomic E-state index is 12.6. The number of benzene rings is 1. The zero-order valence-corrected chi connectivity index (χ0v) is 14.4. The Hall–Kier alpha value is -2.57. The van der Waals surface area contributed by atoms with Crippen molar-refractivity contribution >= 4 is 17.3 Å². The quantitative estimate of drug-likeness (QED) is 0.868. The number of carbonyl (C=O) groups excluding carboxylic acids is 1. The molecule has 2 aromatic rings. The van der Waals surface area contributed by atoms with E-state index < -0.39 is 17.6 Å². The number of nitrogens with one attached hydrogen (secondary N) is 1. The van der Waals surface area contributed by atoms with Crippen molar-refractivity contribution in [3.63, 3.8) is 0 Å². The Kier molecular flexibility index (Phi) is 5.15. The molecule has 4 nitrogen and oxygen atoms in total. The van der Waals surface area contributed by atoms with Crippen LogP contribution in [0, 0.1) is 5.92 Å². The summed E-state index contributed by atoms with van der Waals surface area (Å²) >= 11 is 0. The Bertz CT molecular complexity index is 774. The van der Waals surface area contributed by atoms with Crippen LogP contribution in [0.4, 0.5) is 24.5 Å². The second-order valence-corrected chi connectivity index (χ2v) is 6.62. The number of aromatic nitrogens is 1. The van der Waals surface area contributed by atoms with Crippen LogP contribution < -0.4 is 10.2 Å². The molecule has 26 heavy (non-hydrogen) atoms. The fraction of sp³-hybridized carbons (Fsp3) is 0.368. The van der Waals surface area contributed by atoms with Gasteiger partial charge < -0.3 is 10.2 Å². The van der Waals surface area contributed by atoms with Gasteiger partial charge in [0.05, 0.1) is 5.56 Å². The molecule has 1 aromatic heterocycles. The first-order chi connectivity index (χ1) is 12.3. The molecule has 1 amide bonds. The normalized spacial score (nSPS) is 17.8. The number of anilines is 2. The summed E-state index contributed by atoms with van der Waals surface area (Å²) in [6.07, 6.45) is -0.514. The van der Waals surface area contributed by atoms with Gasteiger partial charge >= 0.3 is 6.18 Å². The third kappa shape index (κ3) is 4.33. The average Bonchev–Trinajstić information content (AvgIpc) is 2.61. The van der Waals surface area contributed by atoms with Gasteiger partial charge in [-0.25, -0.2) is 0 Å². The molecular formula is C19H20F3N3O. The minimum atomic E-state index is -4.40. The first kappa shape index (κ1) is 18.2. The van der Waals surface area contributed by atoms with E-state index in [4.69, 9.17) is 0 Å². The van der Waals surface area contributed by atoms with Crippen molar-refractivity contribution in [1.29, 1.82) is 0 Å². The first-order valence-corrected chi connectivity index (χ1v) is 8.52. The van der Waals surface area contributed by atoms with Gasteiger partial charge in [0, 0.05) is 30.7 Å². The molecule has 1 unspecified atom stereocenters. The maximum absolute atomic E-state index is 12.6. The predicted molar refractivity (Wildman–Crippen MR) is 94.2 cm³/mol. The van der Waals surface area contributed by atoms with Crippen molar-refractivity contribution in [2.24, 2.45) is 5.92 Å². The molecule has 0 aliphatic carbocycles. The number of rotatable bonds is 3. The van der Waals surface area contributed by atoms with E-state index in [1.54, 1.807) is 12.3 Å². The number of piperidine rings is 1. The molecule has 1 saturated heterocycles. The summed E-state index contributed by atoms with van der Waals surface area (Å²) in [4.78, 5) is 18.7. The minimum Gasteiger partial charge on any atom is -0.371 e. The van der Waals surface area contributed by atoms with Gasteiger partial charge in [0.25, 0.3) is 5.91 Å². The summed E-state index contributed by atoms with van der Waals surface area (Å²) in [5.74, 6) is 0.151. The molecule has 1 atom stereocenters. The van der Waals surface area contributed by atoms with Gasteiger partial charge in [-0.1, -0.05) is 6.92 Å². The Balaban J connectivity index is 1.71. The second kappa shape index (κ2) is 7.35. The lowest BCUT2D eigenvalue weighted by Crippen LogP contribution is -2.34. The Morgan fingerprint density at radius 3 is 2.62 bits per heavy atom. The molecule has 1 aliphatic heterocycles. The third-order valence-corrected chi connectivity index (χ3v) is 4.47. The molecule has 1 N–H and O–H groups in total. The first-order valence-electron chi connectivity index (χ1n) is 8.52. The number of pyridine rings is 1. The van der Waals surface area contributed by atoms with Crippen LogP contribution in [-0.4, -0.2) is 24.0 Å². The van der Waals surface area contributed by atoms with Crippen LogP contribution in [0.1, 0.15) is 35.8 Å². The molecule has 1 aliphatic rings. The van der Waals surface area contributed by atoms with Gasteiger partial charge in [0.2, 0.25) is 0 Å². The van der Waals surface area contributed by atoms with E-state index in [9.17, 15) is 18.0 Å². The minimum absolute atomic E-state index is 0.237. The van der Waals surface area contributed by atoms with Crippen molar-refractivity contribution in [1.82, 2.24) is 4.98 Å². The molecule has 2 heterocycles. The van der Waals surface area contributed by atoms with Gasteiger partial charge in [-0.2, -0.15) is 13.2 Å². The van der Waals surface area contributed by atoms with Crippen LogP contribution in [0.3, 0.4) is 0 Å². The van der Waals surface area contributed by atoms with Crippen LogP contribution in [0.5, 0.6) is 0 Å². The number of halogens is 3. The van der Waals surface area contributed by atoms with Gasteiger partial charge in [-0.15, -0.1) is 0 Å². The zero-order valence-electron chi connectivity index (χ0n) is 14.4. The van der Waals surface area contributed by atoms with Gasteiger partial charge in [-0.3, -0.25) is 9.78 Å². The molecule has 0 bridgehead atoms. The van der Waals surface area contributed by atoms with E-state index >= 15 is 0 Å². The maximum Gasteiger partial charge on any atom is 0.416 e. The summed E-state index contributed by atoms with van der Waals surface area (Å²) in [5, 5.41) is 2.59. The number of hydrogen-bond acceptors (Lipinski definition) is 3. The second-order valence-electron chi connectivity index (χ2n) is 6.62. The molecule has 0 radical (unpaired) electrons. The van der Waals surface area contributed by atoms with Crippen molar-refractivity contribution in [3.05, 3.63) is 53.9 Å². The Morgan fingerprint density at radius 2 is 1.96 bits per heavy atom. The molecule has 0 spiro atoms. The lowest BCUT2D eigenvalue weighted by Gasteiger charge is -2.32. The van der Waals surface area contributed by atoms with Crippen LogP contribution in [0.15, 0.2) is 42.6 Å². The van der Waals surface area contributed by atoms with Gasteiger partial charge in [-0.05, 0) is 55.2 Å². The highest BCUT2D eigenvalue weighted by atomic mass is 19.4. The Morgan fingerprint density at radius 1 is 1.23 bits per heavy atom. The van der Waals surface area contributed by atoms with E-state index in [2.05, 4.69) is 22.1 Å². The fourth-order valence-corrected chi connectivity index (χ4v) is 3.10. The lowest BCUT2D eigenvalue weighted by atomic mass is 10.00. The number of amides is 1. The predicted octanol–water partition coefficient (Wildman–Crippen LogP) is 4.59. The van der Waals surface area contributed by atoms with E-state index in [1.807, 2.05) is 6.07 Å². The summed E-state index contributed by atoms with van der Waals surface area (Å²) < 4.78 is 37.8. The van der Waals surface area contributed by atoms with Crippen LogP contribution in [0.25, 0.3) is 0 Å². The van der Waals surface area contributed by atoms with E-state index in [1.165, 1.54) is 18.6 Å². The average molecular weight is 363 g/mol. The molecule has 1 aromatic carbocycles. The monoisotopic (exact) mass is 363 g/mol. The van der Waals surface area contributed by atoms with Crippen molar-refractivity contribution in [2.45, 2.75) is 25.9 Å². The smallest absolute Gasteiger partial charge is 0.371 e. The summed E-state index contributed by atoms with van der Waals surface area (Å²) in [7, 11) is 0. The van der Waals surface area contributed by atoms with E-state index in [0.29, 0.717) is 11.6 Å². The van der Waals surface area contributed by atoms with Gasteiger partial charge in [0.1, 0.15) is 5.69 Å². The summed E-state index contributed by atoms with van der Waals surface area (Å²) in [6.45, 7) is 4.07. The highest BCUT2D eigenvalue weighted by Crippen LogP contribution is 2.30. The standard InChI is InChI=1S/C19H20F3N3O/c1-13-3-2-10-25(12-13)16-8-9-23-17(11-16)18(26)24-15-6-4-14(5-7-15)19(20,21)22/h4-9,11,13H,2-3,10,12H2,1H3,(H,24,26). The zero-order chi connectivity index (χ0) is 18.7. The van der Waals surface area contributed by atoms with Crippen LogP contribution >= 0.6 is 0 Å². The molecule has 138 valence electrons. The largest absolute Gasteiger partial charge is 0.416 e. The number of nitrogens with zero attached hydrogens (tertiary/aromatic N) is 2.